The first kappa shape index (κ1) is 9.04. The van der Waals surface area contributed by atoms with Crippen LogP contribution >= 0.6 is 0 Å². The molecule has 5 aliphatic carbocycles. The second kappa shape index (κ2) is 2.61. The molecular weight excluding hydrogens is 184 g/mol. The van der Waals surface area contributed by atoms with Crippen molar-refractivity contribution >= 4 is 0 Å². The fraction of sp³-hybridized carbons (Fsp3) is 1.00. The average Bonchev–Trinajstić information content (AvgIpc) is 2.78. The fourth-order valence-electron chi connectivity index (χ4n) is 5.53. The van der Waals surface area contributed by atoms with E-state index in [9.17, 15) is 5.11 Å². The zero-order chi connectivity index (χ0) is 10.1. The number of aliphatic hydroxyl groups is 1. The lowest BCUT2D eigenvalue weighted by Crippen LogP contribution is -2.47. The van der Waals surface area contributed by atoms with Crippen LogP contribution in [0.4, 0.5) is 0 Å². The van der Waals surface area contributed by atoms with E-state index in [0.29, 0.717) is 5.41 Å². The van der Waals surface area contributed by atoms with Crippen LogP contribution in [0.2, 0.25) is 0 Å². The zero-order valence-corrected chi connectivity index (χ0v) is 9.54. The van der Waals surface area contributed by atoms with Gasteiger partial charge < -0.3 is 5.11 Å². The van der Waals surface area contributed by atoms with Crippen molar-refractivity contribution in [2.45, 2.75) is 63.4 Å². The minimum Gasteiger partial charge on any atom is -0.390 e. The van der Waals surface area contributed by atoms with E-state index in [0.717, 1.165) is 37.0 Å². The van der Waals surface area contributed by atoms with Gasteiger partial charge >= 0.3 is 0 Å². The van der Waals surface area contributed by atoms with Crippen molar-refractivity contribution in [2.75, 3.05) is 0 Å². The summed E-state index contributed by atoms with van der Waals surface area (Å²) in [6, 6.07) is 0. The van der Waals surface area contributed by atoms with Crippen molar-refractivity contribution in [1.82, 2.24) is 0 Å². The number of hydrogen-bond acceptors (Lipinski definition) is 1. The molecule has 0 heterocycles. The van der Waals surface area contributed by atoms with Crippen LogP contribution in [0.3, 0.4) is 0 Å². The van der Waals surface area contributed by atoms with Crippen LogP contribution in [-0.4, -0.2) is 10.7 Å². The summed E-state index contributed by atoms with van der Waals surface area (Å²) in [5, 5.41) is 10.2. The largest absolute Gasteiger partial charge is 0.390 e. The Kier molecular flexibility index (Phi) is 1.57. The Bertz CT molecular complexity index is 254. The predicted octanol–water partition coefficient (Wildman–Crippen LogP) is 3.12. The molecular formula is C14H22O. The van der Waals surface area contributed by atoms with E-state index >= 15 is 0 Å². The topological polar surface area (TPSA) is 20.2 Å². The second-order valence-corrected chi connectivity index (χ2v) is 7.32. The standard InChI is InChI=1S/C14H22O/c15-14(1-2-14)9-13-6-10-3-11(7-13)5-12(4-10)8-13/h10-12,15H,1-9H2. The summed E-state index contributed by atoms with van der Waals surface area (Å²) in [5.74, 6) is 3.12. The molecule has 1 nitrogen and oxygen atoms in total. The number of hydrogen-bond donors (Lipinski definition) is 1. The zero-order valence-electron chi connectivity index (χ0n) is 9.54. The van der Waals surface area contributed by atoms with Crippen molar-refractivity contribution < 1.29 is 5.11 Å². The highest BCUT2D eigenvalue weighted by Gasteiger charge is 2.55. The molecule has 1 N–H and O–H groups in total. The first-order valence-corrected chi connectivity index (χ1v) is 6.87. The maximum atomic E-state index is 10.2. The van der Waals surface area contributed by atoms with E-state index < -0.39 is 0 Å². The minimum atomic E-state index is -0.203. The van der Waals surface area contributed by atoms with Gasteiger partial charge in [0.25, 0.3) is 0 Å². The molecule has 4 bridgehead atoms. The minimum absolute atomic E-state index is 0.203. The molecule has 0 aliphatic heterocycles. The van der Waals surface area contributed by atoms with E-state index in [1.165, 1.54) is 38.5 Å². The maximum absolute atomic E-state index is 10.2. The van der Waals surface area contributed by atoms with Crippen molar-refractivity contribution in [3.05, 3.63) is 0 Å². The highest BCUT2D eigenvalue weighted by molar-refractivity contribution is 5.07. The smallest absolute Gasteiger partial charge is 0.0655 e. The molecule has 5 saturated carbocycles. The van der Waals surface area contributed by atoms with Crippen LogP contribution in [0.5, 0.6) is 0 Å². The predicted molar refractivity (Wildman–Crippen MR) is 59.4 cm³/mol. The van der Waals surface area contributed by atoms with Crippen molar-refractivity contribution in [3.8, 4) is 0 Å². The lowest BCUT2D eigenvalue weighted by atomic mass is 9.48. The molecule has 5 fully saturated rings. The summed E-state index contributed by atoms with van der Waals surface area (Å²) in [6.45, 7) is 0. The molecule has 5 rings (SSSR count). The Morgan fingerprint density at radius 3 is 1.73 bits per heavy atom. The van der Waals surface area contributed by atoms with Gasteiger partial charge in [0.05, 0.1) is 5.60 Å². The van der Waals surface area contributed by atoms with Gasteiger partial charge in [-0.15, -0.1) is 0 Å². The summed E-state index contributed by atoms with van der Waals surface area (Å²) in [4.78, 5) is 0. The van der Waals surface area contributed by atoms with Crippen LogP contribution in [0.1, 0.15) is 57.8 Å². The summed E-state index contributed by atoms with van der Waals surface area (Å²) in [5.41, 5.74) is 0.395. The third-order valence-corrected chi connectivity index (χ3v) is 5.70. The molecule has 0 saturated heterocycles. The fourth-order valence-corrected chi connectivity index (χ4v) is 5.53. The lowest BCUT2D eigenvalue weighted by Gasteiger charge is -2.57. The highest BCUT2D eigenvalue weighted by Crippen LogP contribution is 2.64. The first-order valence-electron chi connectivity index (χ1n) is 6.87. The van der Waals surface area contributed by atoms with E-state index in [-0.39, 0.29) is 5.60 Å². The quantitative estimate of drug-likeness (QED) is 0.736. The Balaban J connectivity index is 1.60. The summed E-state index contributed by atoms with van der Waals surface area (Å²) >= 11 is 0. The van der Waals surface area contributed by atoms with Gasteiger partial charge in [0.1, 0.15) is 0 Å². The van der Waals surface area contributed by atoms with Crippen LogP contribution < -0.4 is 0 Å². The number of rotatable bonds is 2. The highest BCUT2D eigenvalue weighted by atomic mass is 16.3. The molecule has 15 heavy (non-hydrogen) atoms. The van der Waals surface area contributed by atoms with Crippen molar-refractivity contribution in [3.63, 3.8) is 0 Å². The summed E-state index contributed by atoms with van der Waals surface area (Å²) < 4.78 is 0. The monoisotopic (exact) mass is 206 g/mol. The Morgan fingerprint density at radius 2 is 1.33 bits per heavy atom. The molecule has 0 unspecified atom stereocenters. The van der Waals surface area contributed by atoms with E-state index in [4.69, 9.17) is 0 Å². The molecule has 0 radical (unpaired) electrons. The Labute approximate surface area is 92.3 Å². The maximum Gasteiger partial charge on any atom is 0.0655 e. The Morgan fingerprint density at radius 1 is 0.867 bits per heavy atom. The molecule has 5 aliphatic rings. The van der Waals surface area contributed by atoms with Gasteiger partial charge in [-0.3, -0.25) is 0 Å². The summed E-state index contributed by atoms with van der Waals surface area (Å²) in [6.07, 6.45) is 12.3. The van der Waals surface area contributed by atoms with E-state index in [1.807, 2.05) is 0 Å². The summed E-state index contributed by atoms with van der Waals surface area (Å²) in [7, 11) is 0. The van der Waals surface area contributed by atoms with Gasteiger partial charge in [-0.1, -0.05) is 0 Å². The molecule has 0 spiro atoms. The van der Waals surface area contributed by atoms with Gasteiger partial charge in [0.15, 0.2) is 0 Å². The van der Waals surface area contributed by atoms with Crippen LogP contribution in [0.15, 0.2) is 0 Å². The Hall–Kier alpha value is -0.0400. The first-order chi connectivity index (χ1) is 7.15. The molecule has 84 valence electrons. The molecule has 0 aromatic carbocycles. The molecule has 0 aromatic heterocycles. The van der Waals surface area contributed by atoms with Gasteiger partial charge in [-0.2, -0.15) is 0 Å². The normalized spacial score (nSPS) is 54.6. The average molecular weight is 206 g/mol. The van der Waals surface area contributed by atoms with Gasteiger partial charge in [-0.05, 0) is 81.0 Å². The van der Waals surface area contributed by atoms with Gasteiger partial charge in [0.2, 0.25) is 0 Å². The molecule has 0 atom stereocenters. The third kappa shape index (κ3) is 1.39. The SMILES string of the molecule is OC1(CC23CC4CC(CC(C4)C2)C3)CC1. The van der Waals surface area contributed by atoms with Crippen LogP contribution in [-0.2, 0) is 0 Å². The third-order valence-electron chi connectivity index (χ3n) is 5.70. The molecule has 1 heteroatoms. The van der Waals surface area contributed by atoms with Crippen LogP contribution in [0.25, 0.3) is 0 Å². The van der Waals surface area contributed by atoms with Crippen LogP contribution in [0, 0.1) is 23.2 Å². The van der Waals surface area contributed by atoms with E-state index in [1.54, 1.807) is 0 Å². The van der Waals surface area contributed by atoms with E-state index in [2.05, 4.69) is 0 Å². The lowest BCUT2D eigenvalue weighted by molar-refractivity contribution is -0.0804. The second-order valence-electron chi connectivity index (χ2n) is 7.32. The molecule has 0 amide bonds. The van der Waals surface area contributed by atoms with Crippen molar-refractivity contribution in [2.24, 2.45) is 23.2 Å². The van der Waals surface area contributed by atoms with Gasteiger partial charge in [0, 0.05) is 0 Å². The van der Waals surface area contributed by atoms with Gasteiger partial charge in [-0.25, -0.2) is 0 Å². The van der Waals surface area contributed by atoms with Crippen molar-refractivity contribution in [1.29, 1.82) is 0 Å². The molecule has 0 aromatic rings.